The van der Waals surface area contributed by atoms with Gasteiger partial charge in [0.05, 0.1) is 19.2 Å². The summed E-state index contributed by atoms with van der Waals surface area (Å²) < 4.78 is 23.8. The average molecular weight is 312 g/mol. The number of carbonyl (C=O) groups is 1. The maximum Gasteiger partial charge on any atom is 0.341 e. The standard InChI is InChI=1S/C15H15ClFNO3/c1-4-8-9-6-12(20-3)10(17)7-11(9)18-14(16)13(8)15(19)21-5-2/h6-7H,4-5H2,1-3H3. The Morgan fingerprint density at radius 2 is 2.10 bits per heavy atom. The van der Waals surface area contributed by atoms with E-state index < -0.39 is 11.8 Å². The number of ether oxygens (including phenoxy) is 2. The lowest BCUT2D eigenvalue weighted by atomic mass is 10.0. The van der Waals surface area contributed by atoms with Crippen molar-refractivity contribution in [2.24, 2.45) is 0 Å². The van der Waals surface area contributed by atoms with Crippen LogP contribution >= 0.6 is 11.6 Å². The number of esters is 1. The first-order chi connectivity index (χ1) is 10.0. The first-order valence-electron chi connectivity index (χ1n) is 6.56. The van der Waals surface area contributed by atoms with E-state index in [4.69, 9.17) is 21.1 Å². The number of fused-ring (bicyclic) bond motifs is 1. The third kappa shape index (κ3) is 2.78. The number of aryl methyl sites for hydroxylation is 1. The summed E-state index contributed by atoms with van der Waals surface area (Å²) in [4.78, 5) is 16.2. The van der Waals surface area contributed by atoms with E-state index in [0.29, 0.717) is 22.9 Å². The van der Waals surface area contributed by atoms with Gasteiger partial charge in [-0.05, 0) is 25.0 Å². The molecule has 0 saturated heterocycles. The minimum absolute atomic E-state index is 0.0161. The molecule has 0 N–H and O–H groups in total. The van der Waals surface area contributed by atoms with Crippen LogP contribution in [-0.4, -0.2) is 24.7 Å². The zero-order valence-electron chi connectivity index (χ0n) is 12.0. The summed E-state index contributed by atoms with van der Waals surface area (Å²) in [6.07, 6.45) is 0.529. The fourth-order valence-electron chi connectivity index (χ4n) is 2.23. The van der Waals surface area contributed by atoms with Crippen LogP contribution in [-0.2, 0) is 11.2 Å². The Bertz CT molecular complexity index is 703. The SMILES string of the molecule is CCOC(=O)c1c(Cl)nc2cc(F)c(OC)cc2c1CC. The first kappa shape index (κ1) is 15.5. The van der Waals surface area contributed by atoms with Gasteiger partial charge in [-0.3, -0.25) is 0 Å². The lowest BCUT2D eigenvalue weighted by molar-refractivity contribution is 0.0525. The molecule has 0 fully saturated rings. The normalized spacial score (nSPS) is 10.7. The van der Waals surface area contributed by atoms with Gasteiger partial charge in [-0.25, -0.2) is 14.2 Å². The number of hydrogen-bond donors (Lipinski definition) is 0. The monoisotopic (exact) mass is 311 g/mol. The molecule has 0 aliphatic heterocycles. The predicted molar refractivity (Wildman–Crippen MR) is 78.6 cm³/mol. The lowest BCUT2D eigenvalue weighted by Crippen LogP contribution is -2.10. The van der Waals surface area contributed by atoms with Crippen LogP contribution in [0.1, 0.15) is 29.8 Å². The van der Waals surface area contributed by atoms with Crippen molar-refractivity contribution in [3.63, 3.8) is 0 Å². The topological polar surface area (TPSA) is 48.4 Å². The van der Waals surface area contributed by atoms with Crippen LogP contribution in [0.25, 0.3) is 10.9 Å². The smallest absolute Gasteiger partial charge is 0.341 e. The summed E-state index contributed by atoms with van der Waals surface area (Å²) in [5, 5.41) is 0.644. The molecule has 0 bridgehead atoms. The van der Waals surface area contributed by atoms with Gasteiger partial charge in [-0.1, -0.05) is 18.5 Å². The molecule has 6 heteroatoms. The van der Waals surface area contributed by atoms with Crippen LogP contribution in [0.2, 0.25) is 5.15 Å². The van der Waals surface area contributed by atoms with E-state index in [2.05, 4.69) is 4.98 Å². The number of carbonyl (C=O) groups excluding carboxylic acids is 1. The summed E-state index contributed by atoms with van der Waals surface area (Å²) in [7, 11) is 1.38. The predicted octanol–water partition coefficient (Wildman–Crippen LogP) is 3.78. The van der Waals surface area contributed by atoms with Crippen molar-refractivity contribution < 1.29 is 18.7 Å². The highest BCUT2D eigenvalue weighted by molar-refractivity contribution is 6.33. The molecule has 0 unspecified atom stereocenters. The Hall–Kier alpha value is -1.88. The lowest BCUT2D eigenvalue weighted by Gasteiger charge is -2.13. The third-order valence-electron chi connectivity index (χ3n) is 3.16. The van der Waals surface area contributed by atoms with Crippen LogP contribution in [0.15, 0.2) is 12.1 Å². The third-order valence-corrected chi connectivity index (χ3v) is 3.43. The van der Waals surface area contributed by atoms with E-state index in [1.54, 1.807) is 6.92 Å². The highest BCUT2D eigenvalue weighted by Gasteiger charge is 2.21. The Labute approximate surface area is 126 Å². The molecule has 0 aliphatic carbocycles. The van der Waals surface area contributed by atoms with Crippen LogP contribution in [0.4, 0.5) is 4.39 Å². The minimum atomic E-state index is -0.531. The number of hydrogen-bond acceptors (Lipinski definition) is 4. The molecule has 112 valence electrons. The molecular formula is C15H15ClFNO3. The largest absolute Gasteiger partial charge is 0.494 e. The maximum atomic E-state index is 13.8. The summed E-state index contributed by atoms with van der Waals surface area (Å²) >= 11 is 6.08. The first-order valence-corrected chi connectivity index (χ1v) is 6.93. The second kappa shape index (κ2) is 6.26. The molecule has 0 radical (unpaired) electrons. The summed E-state index contributed by atoms with van der Waals surface area (Å²) in [6, 6.07) is 2.77. The highest BCUT2D eigenvalue weighted by atomic mass is 35.5. The van der Waals surface area contributed by atoms with Crippen molar-refractivity contribution in [2.45, 2.75) is 20.3 Å². The minimum Gasteiger partial charge on any atom is -0.494 e. The number of pyridine rings is 1. The number of aromatic nitrogens is 1. The molecule has 0 spiro atoms. The zero-order valence-corrected chi connectivity index (χ0v) is 12.8. The Morgan fingerprint density at radius 1 is 1.38 bits per heavy atom. The van der Waals surface area contributed by atoms with Gasteiger partial charge < -0.3 is 9.47 Å². The molecule has 1 aromatic heterocycles. The molecule has 2 aromatic rings. The number of nitrogens with zero attached hydrogens (tertiary/aromatic N) is 1. The van der Waals surface area contributed by atoms with E-state index in [1.807, 2.05) is 6.92 Å². The van der Waals surface area contributed by atoms with Gasteiger partial charge in [0, 0.05) is 11.5 Å². The Morgan fingerprint density at radius 3 is 2.67 bits per heavy atom. The van der Waals surface area contributed by atoms with Crippen LogP contribution < -0.4 is 4.74 Å². The Kier molecular flexibility index (Phi) is 4.63. The van der Waals surface area contributed by atoms with Crippen molar-refractivity contribution in [1.29, 1.82) is 0 Å². The highest BCUT2D eigenvalue weighted by Crippen LogP contribution is 2.31. The van der Waals surface area contributed by atoms with E-state index in [9.17, 15) is 9.18 Å². The van der Waals surface area contributed by atoms with Crippen molar-refractivity contribution >= 4 is 28.5 Å². The Balaban J connectivity index is 2.79. The summed E-state index contributed by atoms with van der Waals surface area (Å²) in [5.74, 6) is -0.965. The molecule has 1 heterocycles. The van der Waals surface area contributed by atoms with Gasteiger partial charge in [0.2, 0.25) is 0 Å². The molecule has 0 atom stereocenters. The fourth-order valence-corrected chi connectivity index (χ4v) is 2.51. The molecule has 0 saturated carbocycles. The van der Waals surface area contributed by atoms with Gasteiger partial charge in [0.15, 0.2) is 11.6 Å². The number of halogens is 2. The van der Waals surface area contributed by atoms with Gasteiger partial charge in [-0.15, -0.1) is 0 Å². The van der Waals surface area contributed by atoms with Gasteiger partial charge in [0.25, 0.3) is 0 Å². The van der Waals surface area contributed by atoms with Crippen molar-refractivity contribution in [2.75, 3.05) is 13.7 Å². The van der Waals surface area contributed by atoms with Gasteiger partial charge >= 0.3 is 5.97 Å². The molecule has 0 amide bonds. The second-order valence-electron chi connectivity index (χ2n) is 4.33. The molecule has 1 aromatic carbocycles. The molecule has 4 nitrogen and oxygen atoms in total. The molecule has 0 aliphatic rings. The summed E-state index contributed by atoms with van der Waals surface area (Å²) in [5.41, 5.74) is 1.27. The van der Waals surface area contributed by atoms with Gasteiger partial charge in [-0.2, -0.15) is 0 Å². The van der Waals surface area contributed by atoms with Gasteiger partial charge in [0.1, 0.15) is 10.7 Å². The van der Waals surface area contributed by atoms with Crippen LogP contribution in [0.3, 0.4) is 0 Å². The number of benzene rings is 1. The number of rotatable bonds is 4. The molecule has 21 heavy (non-hydrogen) atoms. The molecule has 2 rings (SSSR count). The molecular weight excluding hydrogens is 297 g/mol. The van der Waals surface area contributed by atoms with Crippen LogP contribution in [0, 0.1) is 5.82 Å². The second-order valence-corrected chi connectivity index (χ2v) is 4.69. The van der Waals surface area contributed by atoms with Crippen LogP contribution in [0.5, 0.6) is 5.75 Å². The zero-order chi connectivity index (χ0) is 15.6. The van der Waals surface area contributed by atoms with Crippen molar-refractivity contribution in [1.82, 2.24) is 4.98 Å². The van der Waals surface area contributed by atoms with E-state index >= 15 is 0 Å². The number of methoxy groups -OCH3 is 1. The van der Waals surface area contributed by atoms with Crippen molar-refractivity contribution in [3.8, 4) is 5.75 Å². The van der Waals surface area contributed by atoms with Crippen molar-refractivity contribution in [3.05, 3.63) is 34.2 Å². The maximum absolute atomic E-state index is 13.8. The van der Waals surface area contributed by atoms with E-state index in [0.717, 1.165) is 0 Å². The average Bonchev–Trinajstić information content (AvgIpc) is 2.45. The van der Waals surface area contributed by atoms with E-state index in [1.165, 1.54) is 19.2 Å². The summed E-state index contributed by atoms with van der Waals surface area (Å²) in [6.45, 7) is 3.83. The fraction of sp³-hybridized carbons (Fsp3) is 0.333. The quantitative estimate of drug-likeness (QED) is 0.637. The van der Waals surface area contributed by atoms with E-state index in [-0.39, 0.29) is 23.1 Å².